The van der Waals surface area contributed by atoms with Crippen molar-refractivity contribution < 1.29 is 0 Å². The van der Waals surface area contributed by atoms with Crippen molar-refractivity contribution in [2.45, 2.75) is 33.6 Å². The van der Waals surface area contributed by atoms with E-state index in [2.05, 4.69) is 37.8 Å². The molecular weight excluding hydrogens is 178 g/mol. The third-order valence-corrected chi connectivity index (χ3v) is 4.06. The number of thioether (sulfide) groups is 1. The van der Waals surface area contributed by atoms with Gasteiger partial charge in [-0.2, -0.15) is 11.8 Å². The van der Waals surface area contributed by atoms with Gasteiger partial charge in [0.1, 0.15) is 0 Å². The Morgan fingerprint density at radius 1 is 1.38 bits per heavy atom. The summed E-state index contributed by atoms with van der Waals surface area (Å²) >= 11 is 2.13. The molecule has 1 aliphatic heterocycles. The lowest BCUT2D eigenvalue weighted by atomic mass is 10.0. The third-order valence-electron chi connectivity index (χ3n) is 2.29. The second-order valence-electron chi connectivity index (χ2n) is 5.29. The molecule has 1 nitrogen and oxygen atoms in total. The molecule has 0 radical (unpaired) electrons. The SMILES string of the molecule is CC(C)(C)CSCC1CCCNC1. The summed E-state index contributed by atoms with van der Waals surface area (Å²) in [7, 11) is 0. The van der Waals surface area contributed by atoms with Gasteiger partial charge in [-0.05, 0) is 48.8 Å². The summed E-state index contributed by atoms with van der Waals surface area (Å²) in [4.78, 5) is 0. The van der Waals surface area contributed by atoms with Gasteiger partial charge in [-0.3, -0.25) is 0 Å². The average molecular weight is 201 g/mol. The van der Waals surface area contributed by atoms with E-state index in [1.807, 2.05) is 0 Å². The molecule has 13 heavy (non-hydrogen) atoms. The molecule has 0 aliphatic carbocycles. The molecule has 0 bridgehead atoms. The molecule has 0 aromatic heterocycles. The standard InChI is InChI=1S/C11H23NS/c1-11(2,3)9-13-8-10-5-4-6-12-7-10/h10,12H,4-9H2,1-3H3. The maximum absolute atomic E-state index is 3.47. The van der Waals surface area contributed by atoms with E-state index in [9.17, 15) is 0 Å². The second-order valence-corrected chi connectivity index (χ2v) is 6.32. The number of hydrogen-bond donors (Lipinski definition) is 1. The van der Waals surface area contributed by atoms with Crippen molar-refractivity contribution in [3.8, 4) is 0 Å². The summed E-state index contributed by atoms with van der Waals surface area (Å²) < 4.78 is 0. The van der Waals surface area contributed by atoms with Crippen LogP contribution in [0.4, 0.5) is 0 Å². The molecule has 1 rings (SSSR count). The Bertz CT molecular complexity index is 134. The number of nitrogens with one attached hydrogen (secondary N) is 1. The van der Waals surface area contributed by atoms with Crippen LogP contribution in [0.25, 0.3) is 0 Å². The van der Waals surface area contributed by atoms with Crippen LogP contribution in [0, 0.1) is 11.3 Å². The molecule has 1 atom stereocenters. The molecule has 1 N–H and O–H groups in total. The Morgan fingerprint density at radius 2 is 2.15 bits per heavy atom. The molecular formula is C11H23NS. The van der Waals surface area contributed by atoms with Gasteiger partial charge in [0.2, 0.25) is 0 Å². The molecule has 0 aromatic carbocycles. The van der Waals surface area contributed by atoms with Gasteiger partial charge in [0.15, 0.2) is 0 Å². The van der Waals surface area contributed by atoms with Gasteiger partial charge in [0, 0.05) is 0 Å². The van der Waals surface area contributed by atoms with E-state index in [0.717, 1.165) is 5.92 Å². The summed E-state index contributed by atoms with van der Waals surface area (Å²) in [6.45, 7) is 9.44. The van der Waals surface area contributed by atoms with E-state index < -0.39 is 0 Å². The fourth-order valence-corrected chi connectivity index (χ4v) is 2.95. The van der Waals surface area contributed by atoms with E-state index in [4.69, 9.17) is 0 Å². The lowest BCUT2D eigenvalue weighted by Crippen LogP contribution is -2.31. The molecule has 0 spiro atoms. The van der Waals surface area contributed by atoms with Gasteiger partial charge in [-0.1, -0.05) is 20.8 Å². The zero-order chi connectivity index (χ0) is 9.73. The number of hydrogen-bond acceptors (Lipinski definition) is 2. The number of rotatable bonds is 3. The quantitative estimate of drug-likeness (QED) is 0.753. The van der Waals surface area contributed by atoms with Gasteiger partial charge >= 0.3 is 0 Å². The zero-order valence-corrected chi connectivity index (χ0v) is 10.0. The monoisotopic (exact) mass is 201 g/mol. The van der Waals surface area contributed by atoms with Crippen LogP contribution in [-0.2, 0) is 0 Å². The van der Waals surface area contributed by atoms with Crippen LogP contribution >= 0.6 is 11.8 Å². The van der Waals surface area contributed by atoms with Crippen LogP contribution in [0.15, 0.2) is 0 Å². The molecule has 1 fully saturated rings. The van der Waals surface area contributed by atoms with Crippen molar-refractivity contribution in [2.24, 2.45) is 11.3 Å². The number of piperidine rings is 1. The second kappa shape index (κ2) is 5.26. The zero-order valence-electron chi connectivity index (χ0n) is 9.23. The van der Waals surface area contributed by atoms with Crippen LogP contribution < -0.4 is 5.32 Å². The molecule has 1 aliphatic rings. The molecule has 1 unspecified atom stereocenters. The van der Waals surface area contributed by atoms with Gasteiger partial charge < -0.3 is 5.32 Å². The summed E-state index contributed by atoms with van der Waals surface area (Å²) in [5.41, 5.74) is 0.493. The highest BCUT2D eigenvalue weighted by atomic mass is 32.2. The van der Waals surface area contributed by atoms with Crippen molar-refractivity contribution in [1.29, 1.82) is 0 Å². The normalized spacial score (nSPS) is 24.7. The smallest absolute Gasteiger partial charge is 0.00126 e. The maximum Gasteiger partial charge on any atom is -0.00126 e. The molecule has 2 heteroatoms. The van der Waals surface area contributed by atoms with Gasteiger partial charge in [-0.25, -0.2) is 0 Å². The first-order chi connectivity index (χ1) is 6.08. The lowest BCUT2D eigenvalue weighted by Gasteiger charge is -2.24. The molecule has 0 amide bonds. The van der Waals surface area contributed by atoms with Crippen LogP contribution in [-0.4, -0.2) is 24.6 Å². The first kappa shape index (κ1) is 11.4. The third kappa shape index (κ3) is 5.58. The van der Waals surface area contributed by atoms with Crippen LogP contribution in [0.2, 0.25) is 0 Å². The van der Waals surface area contributed by atoms with E-state index in [0.29, 0.717) is 5.41 Å². The van der Waals surface area contributed by atoms with Gasteiger partial charge in [0.25, 0.3) is 0 Å². The highest BCUT2D eigenvalue weighted by Crippen LogP contribution is 2.23. The van der Waals surface area contributed by atoms with Crippen molar-refractivity contribution in [3.63, 3.8) is 0 Å². The highest BCUT2D eigenvalue weighted by Gasteiger charge is 2.15. The Hall–Kier alpha value is 0.310. The van der Waals surface area contributed by atoms with Gasteiger partial charge in [-0.15, -0.1) is 0 Å². The van der Waals surface area contributed by atoms with Crippen molar-refractivity contribution >= 4 is 11.8 Å². The van der Waals surface area contributed by atoms with Gasteiger partial charge in [0.05, 0.1) is 0 Å². The summed E-state index contributed by atoms with van der Waals surface area (Å²) in [5, 5.41) is 3.47. The van der Waals surface area contributed by atoms with E-state index in [-0.39, 0.29) is 0 Å². The van der Waals surface area contributed by atoms with Crippen molar-refractivity contribution in [1.82, 2.24) is 5.32 Å². The minimum absolute atomic E-state index is 0.493. The Kier molecular flexibility index (Phi) is 4.60. The Balaban J connectivity index is 2.04. The molecule has 0 aromatic rings. The van der Waals surface area contributed by atoms with Crippen LogP contribution in [0.1, 0.15) is 33.6 Å². The Morgan fingerprint density at radius 3 is 2.69 bits per heavy atom. The minimum atomic E-state index is 0.493. The van der Waals surface area contributed by atoms with E-state index in [1.165, 1.54) is 37.4 Å². The fraction of sp³-hybridized carbons (Fsp3) is 1.00. The predicted molar refractivity (Wildman–Crippen MR) is 62.4 cm³/mol. The van der Waals surface area contributed by atoms with Crippen LogP contribution in [0.5, 0.6) is 0 Å². The first-order valence-corrected chi connectivity index (χ1v) is 6.52. The van der Waals surface area contributed by atoms with Crippen molar-refractivity contribution in [3.05, 3.63) is 0 Å². The summed E-state index contributed by atoms with van der Waals surface area (Å²) in [6, 6.07) is 0. The fourth-order valence-electron chi connectivity index (χ4n) is 1.60. The van der Waals surface area contributed by atoms with E-state index >= 15 is 0 Å². The minimum Gasteiger partial charge on any atom is -0.316 e. The summed E-state index contributed by atoms with van der Waals surface area (Å²) in [6.07, 6.45) is 2.81. The van der Waals surface area contributed by atoms with Crippen molar-refractivity contribution in [2.75, 3.05) is 24.6 Å². The molecule has 1 saturated heterocycles. The molecule has 78 valence electrons. The molecule has 0 saturated carbocycles. The predicted octanol–water partition coefficient (Wildman–Crippen LogP) is 2.77. The highest BCUT2D eigenvalue weighted by molar-refractivity contribution is 7.99. The maximum atomic E-state index is 3.47. The Labute approximate surface area is 87.1 Å². The van der Waals surface area contributed by atoms with Crippen LogP contribution in [0.3, 0.4) is 0 Å². The topological polar surface area (TPSA) is 12.0 Å². The summed E-state index contributed by atoms with van der Waals surface area (Å²) in [5.74, 6) is 3.58. The largest absolute Gasteiger partial charge is 0.316 e. The lowest BCUT2D eigenvalue weighted by molar-refractivity contribution is 0.409. The van der Waals surface area contributed by atoms with E-state index in [1.54, 1.807) is 0 Å². The average Bonchev–Trinajstić information content (AvgIpc) is 2.04. The first-order valence-electron chi connectivity index (χ1n) is 5.36. The molecule has 1 heterocycles.